The lowest BCUT2D eigenvalue weighted by atomic mass is 10.0. The highest BCUT2D eigenvalue weighted by Crippen LogP contribution is 2.33. The molecule has 0 fully saturated rings. The van der Waals surface area contributed by atoms with Gasteiger partial charge < -0.3 is 4.90 Å². The van der Waals surface area contributed by atoms with Crippen LogP contribution in [0.5, 0.6) is 0 Å². The summed E-state index contributed by atoms with van der Waals surface area (Å²) >= 11 is 1.77. The molecule has 0 N–H and O–H groups in total. The summed E-state index contributed by atoms with van der Waals surface area (Å²) in [7, 11) is 0. The van der Waals surface area contributed by atoms with Crippen LogP contribution in [0.25, 0.3) is 5.82 Å². The number of hydrogen-bond donors (Lipinski definition) is 0. The van der Waals surface area contributed by atoms with E-state index in [1.807, 2.05) is 4.90 Å². The second-order valence-corrected chi connectivity index (χ2v) is 6.47. The van der Waals surface area contributed by atoms with Gasteiger partial charge in [0.1, 0.15) is 12.7 Å². The van der Waals surface area contributed by atoms with Gasteiger partial charge in [-0.3, -0.25) is 4.79 Å². The van der Waals surface area contributed by atoms with Crippen molar-refractivity contribution in [2.24, 2.45) is 0 Å². The third-order valence-corrected chi connectivity index (χ3v) is 5.18. The largest absolute Gasteiger partial charge is 0.331 e. The molecule has 0 aliphatic carbocycles. The molecular weight excluding hydrogens is 310 g/mol. The SMILES string of the molecule is C[C@H]1c2ccsc2CCN1C(=O)c1ccnc(-n2cncn2)c1. The number of fused-ring (bicyclic) bond motifs is 1. The lowest BCUT2D eigenvalue weighted by Gasteiger charge is -2.33. The fraction of sp³-hybridized carbons (Fsp3) is 0.250. The van der Waals surface area contributed by atoms with Crippen molar-refractivity contribution in [1.29, 1.82) is 0 Å². The van der Waals surface area contributed by atoms with Crippen LogP contribution < -0.4 is 0 Å². The van der Waals surface area contributed by atoms with Crippen LogP contribution in [0.3, 0.4) is 0 Å². The van der Waals surface area contributed by atoms with Crippen LogP contribution >= 0.6 is 11.3 Å². The summed E-state index contributed by atoms with van der Waals surface area (Å²) < 4.78 is 1.55. The van der Waals surface area contributed by atoms with Crippen LogP contribution in [0.1, 0.15) is 33.8 Å². The zero-order valence-corrected chi connectivity index (χ0v) is 13.4. The Morgan fingerprint density at radius 1 is 1.39 bits per heavy atom. The Bertz CT molecular complexity index is 842. The molecule has 1 amide bonds. The highest BCUT2D eigenvalue weighted by Gasteiger charge is 2.29. The van der Waals surface area contributed by atoms with Crippen LogP contribution in [0.2, 0.25) is 0 Å². The minimum absolute atomic E-state index is 0.0260. The number of amides is 1. The summed E-state index contributed by atoms with van der Waals surface area (Å²) in [5, 5.41) is 6.16. The average molecular weight is 325 g/mol. The van der Waals surface area contributed by atoms with Gasteiger partial charge in [0.15, 0.2) is 5.82 Å². The highest BCUT2D eigenvalue weighted by molar-refractivity contribution is 7.10. The molecule has 3 aromatic heterocycles. The molecule has 3 aromatic rings. The molecule has 0 saturated heterocycles. The number of rotatable bonds is 2. The number of aromatic nitrogens is 4. The van der Waals surface area contributed by atoms with E-state index in [1.54, 1.807) is 40.7 Å². The zero-order valence-electron chi connectivity index (χ0n) is 12.6. The van der Waals surface area contributed by atoms with Crippen LogP contribution in [0.15, 0.2) is 42.4 Å². The molecule has 1 aliphatic rings. The molecule has 6 nitrogen and oxygen atoms in total. The second-order valence-electron chi connectivity index (χ2n) is 5.47. The molecule has 0 unspecified atom stereocenters. The molecule has 0 aromatic carbocycles. The van der Waals surface area contributed by atoms with Gasteiger partial charge in [0.2, 0.25) is 0 Å². The summed E-state index contributed by atoms with van der Waals surface area (Å²) in [5.74, 6) is 0.618. The topological polar surface area (TPSA) is 63.9 Å². The van der Waals surface area contributed by atoms with Crippen LogP contribution in [-0.2, 0) is 6.42 Å². The minimum atomic E-state index is 0.0260. The van der Waals surface area contributed by atoms with Crippen molar-refractivity contribution in [1.82, 2.24) is 24.6 Å². The van der Waals surface area contributed by atoms with Gasteiger partial charge in [0.05, 0.1) is 6.04 Å². The first kappa shape index (κ1) is 14.1. The normalized spacial score (nSPS) is 17.1. The number of nitrogens with zero attached hydrogens (tertiary/aromatic N) is 5. The third kappa shape index (κ3) is 2.43. The molecule has 0 radical (unpaired) electrons. The van der Waals surface area contributed by atoms with E-state index >= 15 is 0 Å². The lowest BCUT2D eigenvalue weighted by molar-refractivity contribution is 0.0679. The standard InChI is InChI=1S/C16H15N5OS/c1-11-13-4-7-23-14(13)3-6-20(11)16(22)12-2-5-18-15(8-12)21-10-17-9-19-21/h2,4-5,7-11H,3,6H2,1H3/t11-/m0/s1. The van der Waals surface area contributed by atoms with E-state index < -0.39 is 0 Å². The van der Waals surface area contributed by atoms with Gasteiger partial charge in [-0.15, -0.1) is 11.3 Å². The van der Waals surface area contributed by atoms with Gasteiger partial charge in [-0.2, -0.15) is 5.10 Å². The molecule has 23 heavy (non-hydrogen) atoms. The van der Waals surface area contributed by atoms with Crippen LogP contribution in [0, 0.1) is 0 Å². The van der Waals surface area contributed by atoms with Gasteiger partial charge in [-0.05, 0) is 42.5 Å². The summed E-state index contributed by atoms with van der Waals surface area (Å²) in [4.78, 5) is 24.4. The molecule has 0 bridgehead atoms. The van der Waals surface area contributed by atoms with Gasteiger partial charge in [-0.1, -0.05) is 0 Å². The molecule has 7 heteroatoms. The molecule has 1 aliphatic heterocycles. The van der Waals surface area contributed by atoms with E-state index in [4.69, 9.17) is 0 Å². The predicted octanol–water partition coefficient (Wildman–Crippen LogP) is 2.48. The Balaban J connectivity index is 1.64. The molecule has 1 atom stereocenters. The molecule has 4 heterocycles. The zero-order chi connectivity index (χ0) is 15.8. The van der Waals surface area contributed by atoms with Crippen molar-refractivity contribution in [2.45, 2.75) is 19.4 Å². The Morgan fingerprint density at radius 3 is 3.13 bits per heavy atom. The van der Waals surface area contributed by atoms with E-state index in [-0.39, 0.29) is 11.9 Å². The van der Waals surface area contributed by atoms with E-state index in [0.717, 1.165) is 13.0 Å². The Morgan fingerprint density at radius 2 is 2.30 bits per heavy atom. The van der Waals surface area contributed by atoms with Gasteiger partial charge in [0.25, 0.3) is 5.91 Å². The summed E-state index contributed by atoms with van der Waals surface area (Å²) in [6, 6.07) is 5.73. The van der Waals surface area contributed by atoms with E-state index in [2.05, 4.69) is 33.4 Å². The quantitative estimate of drug-likeness (QED) is 0.726. The van der Waals surface area contributed by atoms with Gasteiger partial charge in [-0.25, -0.2) is 14.6 Å². The molecule has 116 valence electrons. The Labute approximate surface area is 137 Å². The average Bonchev–Trinajstić information content (AvgIpc) is 3.26. The van der Waals surface area contributed by atoms with E-state index in [9.17, 15) is 4.79 Å². The summed E-state index contributed by atoms with van der Waals surface area (Å²) in [5.41, 5.74) is 1.89. The monoisotopic (exact) mass is 325 g/mol. The van der Waals surface area contributed by atoms with Gasteiger partial charge in [0, 0.05) is 23.2 Å². The summed E-state index contributed by atoms with van der Waals surface area (Å²) in [6.07, 6.45) is 5.57. The number of carbonyl (C=O) groups is 1. The first-order valence-electron chi connectivity index (χ1n) is 7.42. The summed E-state index contributed by atoms with van der Waals surface area (Å²) in [6.45, 7) is 2.83. The van der Waals surface area contributed by atoms with Crippen molar-refractivity contribution in [3.63, 3.8) is 0 Å². The van der Waals surface area contributed by atoms with Crippen molar-refractivity contribution in [3.8, 4) is 5.82 Å². The third-order valence-electron chi connectivity index (χ3n) is 4.18. The van der Waals surface area contributed by atoms with Crippen molar-refractivity contribution in [3.05, 3.63) is 58.4 Å². The Kier molecular flexibility index (Phi) is 3.42. The minimum Gasteiger partial charge on any atom is -0.331 e. The molecular formula is C16H15N5OS. The number of thiophene rings is 1. The number of carbonyl (C=O) groups excluding carboxylic acids is 1. The maximum absolute atomic E-state index is 12.9. The first-order chi connectivity index (χ1) is 11.2. The highest BCUT2D eigenvalue weighted by atomic mass is 32.1. The smallest absolute Gasteiger partial charge is 0.254 e. The maximum atomic E-state index is 12.9. The fourth-order valence-corrected chi connectivity index (χ4v) is 3.92. The van der Waals surface area contributed by atoms with Crippen molar-refractivity contribution in [2.75, 3.05) is 6.54 Å². The Hall–Kier alpha value is -2.54. The van der Waals surface area contributed by atoms with Crippen LogP contribution in [-0.4, -0.2) is 37.1 Å². The number of hydrogen-bond acceptors (Lipinski definition) is 5. The van der Waals surface area contributed by atoms with Crippen molar-refractivity contribution >= 4 is 17.2 Å². The second kappa shape index (κ2) is 5.58. The molecule has 0 saturated carbocycles. The van der Waals surface area contributed by atoms with E-state index in [1.165, 1.54) is 16.8 Å². The maximum Gasteiger partial charge on any atom is 0.254 e. The first-order valence-corrected chi connectivity index (χ1v) is 8.30. The molecule has 4 rings (SSSR count). The molecule has 0 spiro atoms. The lowest BCUT2D eigenvalue weighted by Crippen LogP contribution is -2.38. The fourth-order valence-electron chi connectivity index (χ4n) is 2.96. The predicted molar refractivity (Wildman–Crippen MR) is 86.6 cm³/mol. The number of pyridine rings is 1. The van der Waals surface area contributed by atoms with E-state index in [0.29, 0.717) is 11.4 Å². The van der Waals surface area contributed by atoms with Crippen LogP contribution in [0.4, 0.5) is 0 Å². The van der Waals surface area contributed by atoms with Crippen molar-refractivity contribution < 1.29 is 4.79 Å². The van der Waals surface area contributed by atoms with Gasteiger partial charge >= 0.3 is 0 Å².